The number of nitrogens with one attached hydrogen (secondary N) is 1. The Morgan fingerprint density at radius 1 is 1.39 bits per heavy atom. The predicted octanol–water partition coefficient (Wildman–Crippen LogP) is 1.91. The summed E-state index contributed by atoms with van der Waals surface area (Å²) in [6.45, 7) is 4.43. The van der Waals surface area contributed by atoms with Crippen LogP contribution in [0.4, 0.5) is 0 Å². The standard InChI is InChI=1S/C14H19N3O/c1-2-7-14(18)9-17(10-14)8-13-15-11-5-3-4-6-12(11)16-13/h3-6,18H,2,7-10H2,1H3,(H,15,16). The minimum atomic E-state index is -0.458. The van der Waals surface area contributed by atoms with Crippen LogP contribution in [0.3, 0.4) is 0 Å². The summed E-state index contributed by atoms with van der Waals surface area (Å²) in [6.07, 6.45) is 1.93. The molecule has 0 amide bonds. The van der Waals surface area contributed by atoms with E-state index in [2.05, 4.69) is 21.8 Å². The van der Waals surface area contributed by atoms with Crippen LogP contribution in [0.25, 0.3) is 11.0 Å². The predicted molar refractivity (Wildman–Crippen MR) is 71.2 cm³/mol. The van der Waals surface area contributed by atoms with E-state index in [-0.39, 0.29) is 0 Å². The van der Waals surface area contributed by atoms with Crippen molar-refractivity contribution in [2.24, 2.45) is 0 Å². The Hall–Kier alpha value is -1.39. The highest BCUT2D eigenvalue weighted by atomic mass is 16.3. The number of benzene rings is 1. The van der Waals surface area contributed by atoms with E-state index in [1.165, 1.54) is 0 Å². The first-order valence-electron chi connectivity index (χ1n) is 6.57. The molecule has 1 saturated heterocycles. The van der Waals surface area contributed by atoms with E-state index in [0.29, 0.717) is 0 Å². The summed E-state index contributed by atoms with van der Waals surface area (Å²) in [5, 5.41) is 10.1. The molecule has 1 aromatic heterocycles. The van der Waals surface area contributed by atoms with Crippen LogP contribution in [-0.4, -0.2) is 38.7 Å². The molecule has 4 nitrogen and oxygen atoms in total. The van der Waals surface area contributed by atoms with Crippen molar-refractivity contribution in [3.63, 3.8) is 0 Å². The molecule has 3 rings (SSSR count). The Bertz CT molecular complexity index is 510. The summed E-state index contributed by atoms with van der Waals surface area (Å²) in [6, 6.07) is 8.05. The van der Waals surface area contributed by atoms with Gasteiger partial charge in [0.25, 0.3) is 0 Å². The van der Waals surface area contributed by atoms with Gasteiger partial charge in [-0.05, 0) is 18.6 Å². The second-order valence-corrected chi connectivity index (χ2v) is 5.32. The molecular weight excluding hydrogens is 226 g/mol. The summed E-state index contributed by atoms with van der Waals surface area (Å²) in [7, 11) is 0. The molecule has 4 heteroatoms. The second kappa shape index (κ2) is 4.37. The molecule has 2 heterocycles. The third-order valence-electron chi connectivity index (χ3n) is 3.56. The van der Waals surface area contributed by atoms with Gasteiger partial charge in [0, 0.05) is 13.1 Å². The minimum Gasteiger partial charge on any atom is -0.387 e. The number of rotatable bonds is 4. The third kappa shape index (κ3) is 2.13. The fourth-order valence-electron chi connectivity index (χ4n) is 2.81. The van der Waals surface area contributed by atoms with Gasteiger partial charge in [0.2, 0.25) is 0 Å². The van der Waals surface area contributed by atoms with E-state index in [4.69, 9.17) is 0 Å². The molecule has 0 atom stereocenters. The van der Waals surface area contributed by atoms with Gasteiger partial charge in [-0.25, -0.2) is 4.98 Å². The molecule has 0 bridgehead atoms. The molecule has 0 radical (unpaired) electrons. The first-order chi connectivity index (χ1) is 8.68. The van der Waals surface area contributed by atoms with Crippen molar-refractivity contribution in [2.75, 3.05) is 13.1 Å². The van der Waals surface area contributed by atoms with Crippen molar-refractivity contribution in [3.05, 3.63) is 30.1 Å². The number of aromatic amines is 1. The molecule has 1 aromatic carbocycles. The first-order valence-corrected chi connectivity index (χ1v) is 6.57. The largest absolute Gasteiger partial charge is 0.387 e. The van der Waals surface area contributed by atoms with Gasteiger partial charge in [0.05, 0.1) is 23.2 Å². The van der Waals surface area contributed by atoms with Crippen LogP contribution in [0.2, 0.25) is 0 Å². The van der Waals surface area contributed by atoms with Gasteiger partial charge in [0.1, 0.15) is 5.82 Å². The maximum atomic E-state index is 10.1. The zero-order chi connectivity index (χ0) is 12.6. The fourth-order valence-corrected chi connectivity index (χ4v) is 2.81. The summed E-state index contributed by atoms with van der Waals surface area (Å²) in [5.41, 5.74) is 1.63. The Labute approximate surface area is 107 Å². The number of fused-ring (bicyclic) bond motifs is 1. The van der Waals surface area contributed by atoms with Gasteiger partial charge in [-0.1, -0.05) is 25.5 Å². The molecule has 2 N–H and O–H groups in total. The van der Waals surface area contributed by atoms with Crippen molar-refractivity contribution in [1.29, 1.82) is 0 Å². The third-order valence-corrected chi connectivity index (χ3v) is 3.56. The smallest absolute Gasteiger partial charge is 0.121 e. The lowest BCUT2D eigenvalue weighted by Gasteiger charge is -2.46. The number of β-amino-alcohol motifs (C(OH)–C–C–N with tert-alkyl or cyclic N) is 1. The zero-order valence-electron chi connectivity index (χ0n) is 10.7. The van der Waals surface area contributed by atoms with Gasteiger partial charge in [-0.15, -0.1) is 0 Å². The Kier molecular flexibility index (Phi) is 2.84. The highest BCUT2D eigenvalue weighted by Crippen LogP contribution is 2.27. The van der Waals surface area contributed by atoms with E-state index >= 15 is 0 Å². The van der Waals surface area contributed by atoms with Gasteiger partial charge in [-0.2, -0.15) is 0 Å². The number of H-pyrrole nitrogens is 1. The summed E-state index contributed by atoms with van der Waals surface area (Å²) in [4.78, 5) is 10.1. The van der Waals surface area contributed by atoms with E-state index in [1.807, 2.05) is 24.3 Å². The molecule has 1 aliphatic heterocycles. The Balaban J connectivity index is 1.64. The fraction of sp³-hybridized carbons (Fsp3) is 0.500. The van der Waals surface area contributed by atoms with Crippen molar-refractivity contribution in [2.45, 2.75) is 31.9 Å². The van der Waals surface area contributed by atoms with Crippen LogP contribution in [0.15, 0.2) is 24.3 Å². The number of imidazole rings is 1. The molecule has 0 saturated carbocycles. The van der Waals surface area contributed by atoms with Crippen LogP contribution < -0.4 is 0 Å². The Morgan fingerprint density at radius 3 is 2.89 bits per heavy atom. The van der Waals surface area contributed by atoms with Gasteiger partial charge in [-0.3, -0.25) is 4.90 Å². The van der Waals surface area contributed by atoms with E-state index in [1.54, 1.807) is 0 Å². The number of likely N-dealkylation sites (tertiary alicyclic amines) is 1. The van der Waals surface area contributed by atoms with Crippen molar-refractivity contribution in [3.8, 4) is 0 Å². The molecule has 0 spiro atoms. The number of para-hydroxylation sites is 2. The monoisotopic (exact) mass is 245 g/mol. The maximum Gasteiger partial charge on any atom is 0.121 e. The van der Waals surface area contributed by atoms with Crippen LogP contribution in [-0.2, 0) is 6.54 Å². The molecule has 2 aromatic rings. The lowest BCUT2D eigenvalue weighted by molar-refractivity contribution is -0.107. The van der Waals surface area contributed by atoms with Gasteiger partial charge in [0.15, 0.2) is 0 Å². The number of nitrogens with zero attached hydrogens (tertiary/aromatic N) is 2. The maximum absolute atomic E-state index is 10.1. The first kappa shape index (κ1) is 11.7. The van der Waals surface area contributed by atoms with Crippen LogP contribution in [0, 0.1) is 0 Å². The molecule has 1 fully saturated rings. The number of hydrogen-bond acceptors (Lipinski definition) is 3. The molecule has 1 aliphatic rings. The molecule has 96 valence electrons. The van der Waals surface area contributed by atoms with E-state index in [9.17, 15) is 5.11 Å². The number of aromatic nitrogens is 2. The van der Waals surface area contributed by atoms with Crippen molar-refractivity contribution in [1.82, 2.24) is 14.9 Å². The Morgan fingerprint density at radius 2 is 2.17 bits per heavy atom. The van der Waals surface area contributed by atoms with Gasteiger partial charge < -0.3 is 10.1 Å². The topological polar surface area (TPSA) is 52.1 Å². The average Bonchev–Trinajstić information content (AvgIpc) is 2.69. The zero-order valence-corrected chi connectivity index (χ0v) is 10.7. The van der Waals surface area contributed by atoms with Crippen molar-refractivity contribution >= 4 is 11.0 Å². The highest BCUT2D eigenvalue weighted by molar-refractivity contribution is 5.74. The molecule has 18 heavy (non-hydrogen) atoms. The van der Waals surface area contributed by atoms with E-state index < -0.39 is 5.60 Å². The van der Waals surface area contributed by atoms with Crippen LogP contribution in [0.5, 0.6) is 0 Å². The van der Waals surface area contributed by atoms with Crippen LogP contribution >= 0.6 is 0 Å². The quantitative estimate of drug-likeness (QED) is 0.865. The average molecular weight is 245 g/mol. The van der Waals surface area contributed by atoms with Gasteiger partial charge >= 0.3 is 0 Å². The van der Waals surface area contributed by atoms with E-state index in [0.717, 1.165) is 49.3 Å². The SMILES string of the molecule is CCCC1(O)CN(Cc2nc3ccccc3[nH]2)C1. The second-order valence-electron chi connectivity index (χ2n) is 5.32. The number of aliphatic hydroxyl groups is 1. The highest BCUT2D eigenvalue weighted by Gasteiger charge is 2.40. The lowest BCUT2D eigenvalue weighted by Crippen LogP contribution is -2.61. The summed E-state index contributed by atoms with van der Waals surface area (Å²) in [5.74, 6) is 0.981. The van der Waals surface area contributed by atoms with Crippen LogP contribution in [0.1, 0.15) is 25.6 Å². The lowest BCUT2D eigenvalue weighted by atomic mass is 9.89. The summed E-state index contributed by atoms with van der Waals surface area (Å²) >= 11 is 0. The number of hydrogen-bond donors (Lipinski definition) is 2. The normalized spacial score (nSPS) is 19.0. The molecule has 0 aliphatic carbocycles. The summed E-state index contributed by atoms with van der Waals surface area (Å²) < 4.78 is 0. The molecule has 0 unspecified atom stereocenters. The van der Waals surface area contributed by atoms with Crippen molar-refractivity contribution < 1.29 is 5.11 Å². The minimum absolute atomic E-state index is 0.458. The molecular formula is C14H19N3O.